The molecule has 3 atom stereocenters. The number of fused-ring (bicyclic) bond motifs is 9. The number of rotatable bonds is 5. The van der Waals surface area contributed by atoms with Gasteiger partial charge in [0, 0.05) is 46.0 Å². The van der Waals surface area contributed by atoms with Crippen LogP contribution < -0.4 is 19.5 Å². The Morgan fingerprint density at radius 1 is 0.953 bits per heavy atom. The van der Waals surface area contributed by atoms with Crippen LogP contribution in [0.25, 0.3) is 32.8 Å². The summed E-state index contributed by atoms with van der Waals surface area (Å²) in [5.74, 6) is 3.50. The predicted molar refractivity (Wildman–Crippen MR) is 169 cm³/mol. The Kier molecular flexibility index (Phi) is 6.64. The quantitative estimate of drug-likeness (QED) is 0.172. The largest absolute Gasteiger partial charge is 0.497 e. The second kappa shape index (κ2) is 10.4. The van der Waals surface area contributed by atoms with Gasteiger partial charge in [0.25, 0.3) is 5.91 Å². The molecule has 1 aromatic heterocycles. The Bertz CT molecular complexity index is 1900. The summed E-state index contributed by atoms with van der Waals surface area (Å²) >= 11 is 0. The predicted octanol–water partition coefficient (Wildman–Crippen LogP) is 7.57. The van der Waals surface area contributed by atoms with E-state index in [1.165, 1.54) is 12.0 Å². The molecule has 7 nitrogen and oxygen atoms in total. The van der Waals surface area contributed by atoms with Gasteiger partial charge >= 0.3 is 0 Å². The molecule has 1 amide bonds. The highest BCUT2D eigenvalue weighted by atomic mass is 16.5. The molecule has 0 bridgehead atoms. The first kappa shape index (κ1) is 27.4. The summed E-state index contributed by atoms with van der Waals surface area (Å²) in [7, 11) is 3.22. The molecule has 4 aromatic carbocycles. The highest BCUT2D eigenvalue weighted by molar-refractivity contribution is 6.11. The molecule has 1 N–H and O–H groups in total. The van der Waals surface area contributed by atoms with Gasteiger partial charge in [0.2, 0.25) is 0 Å². The van der Waals surface area contributed by atoms with Crippen LogP contribution in [-0.4, -0.2) is 35.7 Å². The average molecular weight is 576 g/mol. The Hall–Kier alpha value is -4.39. The molecule has 0 unspecified atom stereocenters. The second-order valence-electron chi connectivity index (χ2n) is 12.6. The minimum atomic E-state index is -0.268. The van der Waals surface area contributed by atoms with Crippen molar-refractivity contribution in [3.63, 3.8) is 0 Å². The number of carbonyl (C=O) groups is 1. The van der Waals surface area contributed by atoms with Gasteiger partial charge in [0.15, 0.2) is 0 Å². The van der Waals surface area contributed by atoms with Gasteiger partial charge < -0.3 is 19.5 Å². The van der Waals surface area contributed by atoms with Crippen molar-refractivity contribution in [2.45, 2.75) is 58.1 Å². The van der Waals surface area contributed by atoms with Crippen LogP contribution >= 0.6 is 0 Å². The van der Waals surface area contributed by atoms with Gasteiger partial charge in [-0.15, -0.1) is 0 Å². The summed E-state index contributed by atoms with van der Waals surface area (Å²) in [6.07, 6.45) is 3.45. The summed E-state index contributed by atoms with van der Waals surface area (Å²) < 4.78 is 17.7. The van der Waals surface area contributed by atoms with Crippen LogP contribution in [0.15, 0.2) is 60.7 Å². The van der Waals surface area contributed by atoms with E-state index in [0.717, 1.165) is 51.5 Å². The van der Waals surface area contributed by atoms with E-state index < -0.39 is 0 Å². The molecule has 1 aliphatic carbocycles. The number of amides is 1. The summed E-state index contributed by atoms with van der Waals surface area (Å²) in [6.45, 7) is 7.15. The first-order valence-electron chi connectivity index (χ1n) is 15.1. The van der Waals surface area contributed by atoms with Gasteiger partial charge in [0.1, 0.15) is 22.8 Å². The van der Waals surface area contributed by atoms with Crippen molar-refractivity contribution in [3.8, 4) is 17.2 Å². The van der Waals surface area contributed by atoms with Crippen molar-refractivity contribution in [2.75, 3.05) is 14.2 Å². The van der Waals surface area contributed by atoms with Crippen LogP contribution in [0, 0.1) is 11.8 Å². The zero-order chi connectivity index (χ0) is 29.9. The van der Waals surface area contributed by atoms with E-state index in [4.69, 9.17) is 24.2 Å². The Balaban J connectivity index is 1.32. The summed E-state index contributed by atoms with van der Waals surface area (Å²) in [6, 6.07) is 19.5. The van der Waals surface area contributed by atoms with E-state index >= 15 is 0 Å². The highest BCUT2D eigenvalue weighted by Crippen LogP contribution is 2.56. The molecule has 2 aliphatic rings. The molecular weight excluding hydrogens is 538 g/mol. The van der Waals surface area contributed by atoms with Crippen LogP contribution in [0.3, 0.4) is 0 Å². The monoisotopic (exact) mass is 575 g/mol. The zero-order valence-electron chi connectivity index (χ0n) is 25.4. The van der Waals surface area contributed by atoms with Gasteiger partial charge in [0.05, 0.1) is 36.3 Å². The maximum atomic E-state index is 13.3. The third-order valence-electron chi connectivity index (χ3n) is 9.53. The summed E-state index contributed by atoms with van der Waals surface area (Å²) in [4.78, 5) is 23.7. The topological polar surface area (TPSA) is 82.6 Å². The van der Waals surface area contributed by atoms with Crippen LogP contribution in [0.1, 0.15) is 67.4 Å². The lowest BCUT2D eigenvalue weighted by Crippen LogP contribution is -2.46. The van der Waals surface area contributed by atoms with E-state index in [2.05, 4.69) is 44.3 Å². The van der Waals surface area contributed by atoms with E-state index in [1.807, 2.05) is 42.5 Å². The first-order chi connectivity index (χ1) is 20.8. The number of aromatic nitrogens is 2. The van der Waals surface area contributed by atoms with Gasteiger partial charge in [-0.1, -0.05) is 37.6 Å². The van der Waals surface area contributed by atoms with Gasteiger partial charge in [-0.2, -0.15) is 0 Å². The van der Waals surface area contributed by atoms with E-state index in [9.17, 15) is 4.79 Å². The van der Waals surface area contributed by atoms with Crippen LogP contribution in [0.5, 0.6) is 17.2 Å². The van der Waals surface area contributed by atoms with E-state index in [1.54, 1.807) is 14.2 Å². The minimum absolute atomic E-state index is 0.187. The number of methoxy groups -OCH3 is 2. The fourth-order valence-electron chi connectivity index (χ4n) is 7.31. The molecule has 1 aliphatic heterocycles. The smallest absolute Gasteiger partial charge is 0.251 e. The average Bonchev–Trinajstić information content (AvgIpc) is 3.02. The van der Waals surface area contributed by atoms with E-state index in [-0.39, 0.29) is 11.5 Å². The van der Waals surface area contributed by atoms with Crippen LogP contribution in [0.2, 0.25) is 0 Å². The maximum absolute atomic E-state index is 13.3. The fraction of sp³-hybridized carbons (Fsp3) is 0.361. The van der Waals surface area contributed by atoms with Crippen molar-refractivity contribution < 1.29 is 19.0 Å². The fourth-order valence-corrected chi connectivity index (χ4v) is 7.31. The molecule has 0 saturated heterocycles. The standard InChI is InChI=1S/C36H37N3O4/c1-20-10-14-27-26(16-20)31-33-32(24-8-6-7-9-25(24)34(31)43-36(27,2)3)38-28-15-12-21(17-29(28)39-33)35(40)37-19-22-11-13-23(41-4)18-30(22)42-5/h6-9,11-13,15,17-18,20,26-27H,10,14,16,19H2,1-5H3,(H,37,40)/t20-,26-,27-/m1/s1. The molecule has 1 saturated carbocycles. The third kappa shape index (κ3) is 4.62. The molecular formula is C36H37N3O4. The van der Waals surface area contributed by atoms with Crippen molar-refractivity contribution in [3.05, 3.63) is 77.4 Å². The zero-order valence-corrected chi connectivity index (χ0v) is 25.4. The molecule has 5 aromatic rings. The molecule has 43 heavy (non-hydrogen) atoms. The summed E-state index contributed by atoms with van der Waals surface area (Å²) in [5, 5.41) is 5.16. The maximum Gasteiger partial charge on any atom is 0.251 e. The molecule has 0 radical (unpaired) electrons. The lowest BCUT2D eigenvalue weighted by atomic mass is 9.64. The summed E-state index contributed by atoms with van der Waals surface area (Å²) in [5.41, 5.74) is 5.55. The second-order valence-corrected chi connectivity index (χ2v) is 12.6. The number of carbonyl (C=O) groups excluding carboxylic acids is 1. The highest BCUT2D eigenvalue weighted by Gasteiger charge is 2.47. The van der Waals surface area contributed by atoms with Gasteiger partial charge in [-0.05, 0) is 68.9 Å². The number of nitrogens with zero attached hydrogens (tertiary/aromatic N) is 2. The minimum Gasteiger partial charge on any atom is -0.497 e. The number of nitrogens with one attached hydrogen (secondary N) is 1. The molecule has 2 heterocycles. The molecule has 0 spiro atoms. The van der Waals surface area contributed by atoms with Gasteiger partial charge in [-0.25, -0.2) is 9.97 Å². The van der Waals surface area contributed by atoms with E-state index in [0.29, 0.717) is 46.9 Å². The van der Waals surface area contributed by atoms with Crippen molar-refractivity contribution >= 4 is 38.7 Å². The lowest BCUT2D eigenvalue weighted by molar-refractivity contribution is -0.0115. The van der Waals surface area contributed by atoms with Crippen molar-refractivity contribution in [1.82, 2.24) is 15.3 Å². The molecule has 1 fully saturated rings. The normalized spacial score (nSPS) is 20.7. The van der Waals surface area contributed by atoms with Crippen molar-refractivity contribution in [1.29, 1.82) is 0 Å². The van der Waals surface area contributed by atoms with Crippen LogP contribution in [-0.2, 0) is 6.54 Å². The lowest BCUT2D eigenvalue weighted by Gasteiger charge is -2.49. The Morgan fingerprint density at radius 3 is 2.53 bits per heavy atom. The number of ether oxygens (including phenoxy) is 3. The Morgan fingerprint density at radius 2 is 1.74 bits per heavy atom. The molecule has 7 rings (SSSR count). The molecule has 7 heteroatoms. The van der Waals surface area contributed by atoms with Gasteiger partial charge in [-0.3, -0.25) is 4.79 Å². The van der Waals surface area contributed by atoms with Crippen molar-refractivity contribution in [2.24, 2.45) is 11.8 Å². The molecule has 220 valence electrons. The number of benzene rings is 4. The SMILES string of the molecule is COc1ccc(CNC(=O)c2ccc3nc4c(nc3c2)c2c(c3ccccc34)OC(C)(C)[C@@H]3CC[C@@H](C)C[C@@H]23)c(OC)c1. The number of hydrogen-bond acceptors (Lipinski definition) is 6. The first-order valence-corrected chi connectivity index (χ1v) is 15.1. The Labute approximate surface area is 251 Å². The van der Waals surface area contributed by atoms with Crippen LogP contribution in [0.4, 0.5) is 0 Å². The number of hydrogen-bond donors (Lipinski definition) is 1. The third-order valence-corrected chi connectivity index (χ3v) is 9.53.